The molecule has 0 saturated heterocycles. The molecule has 0 aliphatic rings. The molecule has 1 amide bonds. The van der Waals surface area contributed by atoms with Gasteiger partial charge in [0.15, 0.2) is 0 Å². The molecule has 0 saturated carbocycles. The number of nitrogens with zero attached hydrogens (tertiary/aromatic N) is 2. The van der Waals surface area contributed by atoms with Gasteiger partial charge in [-0.25, -0.2) is 13.1 Å². The molecule has 0 spiro atoms. The second-order valence-electron chi connectivity index (χ2n) is 6.85. The van der Waals surface area contributed by atoms with Gasteiger partial charge in [0, 0.05) is 11.4 Å². The molecule has 3 aromatic rings. The van der Waals surface area contributed by atoms with E-state index in [1.165, 1.54) is 0 Å². The topological polar surface area (TPSA) is 93.1 Å². The van der Waals surface area contributed by atoms with Gasteiger partial charge in [-0.2, -0.15) is 5.10 Å². The van der Waals surface area contributed by atoms with E-state index in [0.717, 1.165) is 5.56 Å². The minimum Gasteiger partial charge on any atom is -0.322 e. The Labute approximate surface area is 181 Å². The standard InChI is InChI=1S/C21H23ClN4O3S/c1-3-13-30(28,29)25-18-11-9-17(10-12-18)23-21(27)19-15(2)24-26(20(19)22)14-16-7-5-4-6-8-16/h4-12,25H,3,13-14H2,1-2H3,(H,23,27). The van der Waals surface area contributed by atoms with Crippen LogP contribution >= 0.6 is 11.6 Å². The van der Waals surface area contributed by atoms with Gasteiger partial charge in [0.2, 0.25) is 10.0 Å². The molecule has 0 radical (unpaired) electrons. The van der Waals surface area contributed by atoms with Crippen LogP contribution in [0.1, 0.15) is 35.0 Å². The summed E-state index contributed by atoms with van der Waals surface area (Å²) in [5, 5.41) is 7.43. The fourth-order valence-electron chi connectivity index (χ4n) is 2.99. The number of halogens is 1. The van der Waals surface area contributed by atoms with Crippen LogP contribution in [0.3, 0.4) is 0 Å². The molecule has 0 bridgehead atoms. The van der Waals surface area contributed by atoms with Gasteiger partial charge >= 0.3 is 0 Å². The monoisotopic (exact) mass is 446 g/mol. The lowest BCUT2D eigenvalue weighted by Crippen LogP contribution is -2.16. The van der Waals surface area contributed by atoms with Crippen LogP contribution in [0.4, 0.5) is 11.4 Å². The maximum Gasteiger partial charge on any atom is 0.260 e. The van der Waals surface area contributed by atoms with E-state index in [9.17, 15) is 13.2 Å². The van der Waals surface area contributed by atoms with E-state index in [2.05, 4.69) is 15.1 Å². The first-order chi connectivity index (χ1) is 14.3. The van der Waals surface area contributed by atoms with Crippen molar-refractivity contribution in [1.29, 1.82) is 0 Å². The number of carbonyl (C=O) groups is 1. The van der Waals surface area contributed by atoms with Gasteiger partial charge in [-0.15, -0.1) is 0 Å². The lowest BCUT2D eigenvalue weighted by molar-refractivity contribution is 0.102. The van der Waals surface area contributed by atoms with E-state index >= 15 is 0 Å². The van der Waals surface area contributed by atoms with Crippen molar-refractivity contribution < 1.29 is 13.2 Å². The smallest absolute Gasteiger partial charge is 0.260 e. The van der Waals surface area contributed by atoms with Crippen molar-refractivity contribution in [3.8, 4) is 0 Å². The average Bonchev–Trinajstić information content (AvgIpc) is 2.97. The molecule has 7 nitrogen and oxygen atoms in total. The third-order valence-electron chi connectivity index (χ3n) is 4.36. The molecule has 2 N–H and O–H groups in total. The molecule has 9 heteroatoms. The summed E-state index contributed by atoms with van der Waals surface area (Å²) in [4.78, 5) is 12.8. The van der Waals surface area contributed by atoms with Crippen molar-refractivity contribution in [2.24, 2.45) is 0 Å². The molecule has 0 aliphatic heterocycles. The highest BCUT2D eigenvalue weighted by Gasteiger charge is 2.20. The van der Waals surface area contributed by atoms with Crippen LogP contribution in [-0.2, 0) is 16.6 Å². The first-order valence-corrected chi connectivity index (χ1v) is 11.5. The summed E-state index contributed by atoms with van der Waals surface area (Å²) in [6.45, 7) is 3.99. The lowest BCUT2D eigenvalue weighted by atomic mass is 10.2. The number of carbonyl (C=O) groups excluding carboxylic acids is 1. The molecule has 158 valence electrons. The summed E-state index contributed by atoms with van der Waals surface area (Å²) in [5.74, 6) is -0.327. The summed E-state index contributed by atoms with van der Waals surface area (Å²) in [6.07, 6.45) is 0.529. The zero-order chi connectivity index (χ0) is 21.7. The van der Waals surface area contributed by atoms with Crippen LogP contribution in [0.15, 0.2) is 54.6 Å². The van der Waals surface area contributed by atoms with Gasteiger partial charge in [-0.05, 0) is 43.2 Å². The quantitative estimate of drug-likeness (QED) is 0.539. The van der Waals surface area contributed by atoms with Gasteiger partial charge < -0.3 is 5.32 Å². The van der Waals surface area contributed by atoms with Crippen molar-refractivity contribution in [3.63, 3.8) is 0 Å². The Kier molecular flexibility index (Phi) is 6.79. The molecule has 3 rings (SSSR count). The van der Waals surface area contributed by atoms with Crippen LogP contribution < -0.4 is 10.0 Å². The number of benzene rings is 2. The summed E-state index contributed by atoms with van der Waals surface area (Å²) < 4.78 is 27.8. The zero-order valence-corrected chi connectivity index (χ0v) is 18.3. The minimum absolute atomic E-state index is 0.0518. The normalized spacial score (nSPS) is 11.3. The maximum absolute atomic E-state index is 12.8. The average molecular weight is 447 g/mol. The van der Waals surface area contributed by atoms with Gasteiger partial charge in [-0.3, -0.25) is 9.52 Å². The first-order valence-electron chi connectivity index (χ1n) is 9.48. The second-order valence-corrected chi connectivity index (χ2v) is 9.05. The van der Waals surface area contributed by atoms with Crippen LogP contribution in [0, 0.1) is 6.92 Å². The largest absolute Gasteiger partial charge is 0.322 e. The summed E-state index contributed by atoms with van der Waals surface area (Å²) >= 11 is 6.43. The SMILES string of the molecule is CCCS(=O)(=O)Nc1ccc(NC(=O)c2c(C)nn(Cc3ccccc3)c2Cl)cc1. The fraction of sp³-hybridized carbons (Fsp3) is 0.238. The third-order valence-corrected chi connectivity index (χ3v) is 6.23. The Balaban J connectivity index is 1.72. The Bertz CT molecular complexity index is 1130. The van der Waals surface area contributed by atoms with Crippen LogP contribution in [0.2, 0.25) is 5.15 Å². The second kappa shape index (κ2) is 9.32. The summed E-state index contributed by atoms with van der Waals surface area (Å²) in [5.41, 5.74) is 2.81. The van der Waals surface area contributed by atoms with Crippen LogP contribution in [-0.4, -0.2) is 29.9 Å². The Morgan fingerprint density at radius 3 is 2.33 bits per heavy atom. The molecule has 0 fully saturated rings. The number of anilines is 2. The fourth-order valence-corrected chi connectivity index (χ4v) is 4.44. The van der Waals surface area contributed by atoms with Crippen molar-refractivity contribution in [2.75, 3.05) is 15.8 Å². The highest BCUT2D eigenvalue weighted by molar-refractivity contribution is 7.92. The predicted molar refractivity (Wildman–Crippen MR) is 120 cm³/mol. The van der Waals surface area contributed by atoms with E-state index in [-0.39, 0.29) is 16.8 Å². The highest BCUT2D eigenvalue weighted by atomic mass is 35.5. The number of rotatable bonds is 8. The number of amides is 1. The molecular weight excluding hydrogens is 424 g/mol. The van der Waals surface area contributed by atoms with Crippen LogP contribution in [0.5, 0.6) is 0 Å². The number of aromatic nitrogens is 2. The van der Waals surface area contributed by atoms with E-state index in [4.69, 9.17) is 11.6 Å². The van der Waals surface area contributed by atoms with E-state index in [1.54, 1.807) is 42.8 Å². The zero-order valence-electron chi connectivity index (χ0n) is 16.7. The van der Waals surface area contributed by atoms with Crippen molar-refractivity contribution in [2.45, 2.75) is 26.8 Å². The van der Waals surface area contributed by atoms with E-state index < -0.39 is 10.0 Å². The van der Waals surface area contributed by atoms with Gasteiger partial charge in [0.25, 0.3) is 5.91 Å². The summed E-state index contributed by atoms with van der Waals surface area (Å²) in [6, 6.07) is 16.1. The highest BCUT2D eigenvalue weighted by Crippen LogP contribution is 2.23. The van der Waals surface area contributed by atoms with Crippen molar-refractivity contribution in [1.82, 2.24) is 9.78 Å². The number of aryl methyl sites for hydroxylation is 1. The molecule has 30 heavy (non-hydrogen) atoms. The van der Waals surface area contributed by atoms with Gasteiger partial charge in [0.05, 0.1) is 23.6 Å². The number of hydrogen-bond donors (Lipinski definition) is 2. The van der Waals surface area contributed by atoms with E-state index in [1.807, 2.05) is 30.3 Å². The molecule has 0 aliphatic carbocycles. The molecular formula is C21H23ClN4O3S. The number of hydrogen-bond acceptors (Lipinski definition) is 4. The van der Waals surface area contributed by atoms with Crippen molar-refractivity contribution >= 4 is 38.9 Å². The number of sulfonamides is 1. The maximum atomic E-state index is 12.8. The molecule has 2 aromatic carbocycles. The molecule has 1 heterocycles. The van der Waals surface area contributed by atoms with E-state index in [0.29, 0.717) is 35.6 Å². The minimum atomic E-state index is -3.36. The summed E-state index contributed by atoms with van der Waals surface area (Å²) in [7, 11) is -3.36. The Morgan fingerprint density at radius 2 is 1.70 bits per heavy atom. The lowest BCUT2D eigenvalue weighted by Gasteiger charge is -2.09. The molecule has 0 atom stereocenters. The third kappa shape index (κ3) is 5.40. The van der Waals surface area contributed by atoms with Gasteiger partial charge in [-0.1, -0.05) is 48.9 Å². The molecule has 0 unspecified atom stereocenters. The van der Waals surface area contributed by atoms with Crippen molar-refractivity contribution in [3.05, 3.63) is 76.6 Å². The number of nitrogens with one attached hydrogen (secondary N) is 2. The Morgan fingerprint density at radius 1 is 1.07 bits per heavy atom. The van der Waals surface area contributed by atoms with Crippen LogP contribution in [0.25, 0.3) is 0 Å². The predicted octanol–water partition coefficient (Wildman–Crippen LogP) is 4.30. The van der Waals surface area contributed by atoms with Gasteiger partial charge in [0.1, 0.15) is 5.15 Å². The first kappa shape index (κ1) is 21.9. The Hall–Kier alpha value is -2.84. The molecule has 1 aromatic heterocycles.